The van der Waals surface area contributed by atoms with E-state index in [-0.39, 0.29) is 11.5 Å². The summed E-state index contributed by atoms with van der Waals surface area (Å²) in [5.74, 6) is -0.287. The second-order valence-corrected chi connectivity index (χ2v) is 6.38. The minimum absolute atomic E-state index is 0.0308. The highest BCUT2D eigenvalue weighted by molar-refractivity contribution is 5.91. The molecular weight excluding hydrogens is 306 g/mol. The summed E-state index contributed by atoms with van der Waals surface area (Å²) in [5.41, 5.74) is 2.07. The van der Waals surface area contributed by atoms with E-state index in [1.807, 2.05) is 6.07 Å². The number of aromatic nitrogens is 2. The maximum atomic E-state index is 12.1. The van der Waals surface area contributed by atoms with Crippen LogP contribution in [0.15, 0.2) is 30.5 Å². The average molecular weight is 329 g/mol. The first-order valence-corrected chi connectivity index (χ1v) is 7.97. The number of hydrogen-bond donors (Lipinski definition) is 2. The highest BCUT2D eigenvalue weighted by Crippen LogP contribution is 2.19. The van der Waals surface area contributed by atoms with Crippen molar-refractivity contribution in [3.63, 3.8) is 0 Å². The molecule has 2 aromatic rings. The van der Waals surface area contributed by atoms with E-state index in [0.29, 0.717) is 35.3 Å². The number of nitrogens with one attached hydrogen (secondary N) is 1. The molecule has 0 aliphatic rings. The Hall–Kier alpha value is -2.63. The number of carboxylic acids is 1. The van der Waals surface area contributed by atoms with Crippen LogP contribution in [0.2, 0.25) is 0 Å². The molecule has 0 aliphatic carbocycles. The number of nitrogens with zero attached hydrogens (tertiary/aromatic N) is 2. The van der Waals surface area contributed by atoms with E-state index in [2.05, 4.69) is 31.2 Å². The third-order valence-electron chi connectivity index (χ3n) is 4.26. The van der Waals surface area contributed by atoms with E-state index >= 15 is 0 Å². The van der Waals surface area contributed by atoms with Crippen LogP contribution in [0.5, 0.6) is 0 Å². The predicted molar refractivity (Wildman–Crippen MR) is 92.5 cm³/mol. The first-order valence-electron chi connectivity index (χ1n) is 7.97. The molecule has 1 amide bonds. The summed E-state index contributed by atoms with van der Waals surface area (Å²) in [5, 5.41) is 16.1. The van der Waals surface area contributed by atoms with Crippen LogP contribution in [-0.2, 0) is 4.79 Å². The highest BCUT2D eigenvalue weighted by atomic mass is 16.4. The van der Waals surface area contributed by atoms with Crippen molar-refractivity contribution in [1.82, 2.24) is 9.78 Å². The molecule has 1 unspecified atom stereocenters. The molecule has 1 aromatic heterocycles. The van der Waals surface area contributed by atoms with E-state index in [9.17, 15) is 9.59 Å². The molecule has 0 fully saturated rings. The standard InChI is InChI=1S/C18H23N3O3/c1-11(2)12(3)8-17(22)20-14-6-5-7-15(9-14)21-13(4)16(10-19-21)18(23)24/h5-7,9-12H,8H2,1-4H3,(H,20,22)(H,23,24). The summed E-state index contributed by atoms with van der Waals surface area (Å²) in [6, 6.07) is 7.21. The zero-order chi connectivity index (χ0) is 17.9. The van der Waals surface area contributed by atoms with Gasteiger partial charge in [-0.15, -0.1) is 0 Å². The lowest BCUT2D eigenvalue weighted by Crippen LogP contribution is -2.18. The fourth-order valence-corrected chi connectivity index (χ4v) is 2.34. The molecule has 2 N–H and O–H groups in total. The van der Waals surface area contributed by atoms with Gasteiger partial charge in [0.05, 0.1) is 17.6 Å². The molecule has 1 atom stereocenters. The third kappa shape index (κ3) is 4.01. The molecule has 0 saturated carbocycles. The topological polar surface area (TPSA) is 84.2 Å². The fraction of sp³-hybridized carbons (Fsp3) is 0.389. The lowest BCUT2D eigenvalue weighted by atomic mass is 9.94. The van der Waals surface area contributed by atoms with Gasteiger partial charge in [0.2, 0.25) is 5.91 Å². The molecule has 0 radical (unpaired) electrons. The first-order chi connectivity index (χ1) is 11.3. The average Bonchev–Trinajstić information content (AvgIpc) is 2.89. The lowest BCUT2D eigenvalue weighted by Gasteiger charge is -2.15. The van der Waals surface area contributed by atoms with Gasteiger partial charge >= 0.3 is 5.97 Å². The number of aromatic carboxylic acids is 1. The van der Waals surface area contributed by atoms with Crippen molar-refractivity contribution in [2.45, 2.75) is 34.1 Å². The molecule has 1 heterocycles. The van der Waals surface area contributed by atoms with Crippen molar-refractivity contribution in [3.8, 4) is 5.69 Å². The summed E-state index contributed by atoms with van der Waals surface area (Å²) < 4.78 is 1.55. The number of carboxylic acid groups (broad SMARTS) is 1. The molecule has 6 heteroatoms. The Balaban J connectivity index is 2.18. The Kier molecular flexibility index (Phi) is 5.39. The van der Waals surface area contributed by atoms with Gasteiger partial charge in [-0.3, -0.25) is 4.79 Å². The van der Waals surface area contributed by atoms with Crippen LogP contribution < -0.4 is 5.32 Å². The largest absolute Gasteiger partial charge is 0.478 e. The Morgan fingerprint density at radius 2 is 2.00 bits per heavy atom. The molecule has 2 rings (SSSR count). The molecule has 0 spiro atoms. The zero-order valence-corrected chi connectivity index (χ0v) is 14.4. The third-order valence-corrected chi connectivity index (χ3v) is 4.26. The second kappa shape index (κ2) is 7.29. The minimum Gasteiger partial charge on any atom is -0.478 e. The molecule has 6 nitrogen and oxygen atoms in total. The van der Waals surface area contributed by atoms with E-state index in [4.69, 9.17) is 5.11 Å². The zero-order valence-electron chi connectivity index (χ0n) is 14.4. The summed E-state index contributed by atoms with van der Waals surface area (Å²) >= 11 is 0. The second-order valence-electron chi connectivity index (χ2n) is 6.38. The van der Waals surface area contributed by atoms with Gasteiger partial charge in [0.1, 0.15) is 5.56 Å². The van der Waals surface area contributed by atoms with Gasteiger partial charge in [-0.25, -0.2) is 9.48 Å². The monoisotopic (exact) mass is 329 g/mol. The maximum absolute atomic E-state index is 12.1. The van der Waals surface area contributed by atoms with Crippen LogP contribution >= 0.6 is 0 Å². The van der Waals surface area contributed by atoms with Gasteiger partial charge in [-0.1, -0.05) is 26.8 Å². The van der Waals surface area contributed by atoms with Crippen molar-refractivity contribution < 1.29 is 14.7 Å². The number of rotatable bonds is 6. The normalized spacial score (nSPS) is 12.2. The van der Waals surface area contributed by atoms with E-state index in [0.717, 1.165) is 0 Å². The summed E-state index contributed by atoms with van der Waals surface area (Å²) in [6.45, 7) is 7.95. The van der Waals surface area contributed by atoms with E-state index < -0.39 is 5.97 Å². The van der Waals surface area contributed by atoms with Crippen LogP contribution in [0.3, 0.4) is 0 Å². The van der Waals surface area contributed by atoms with E-state index in [1.54, 1.807) is 29.8 Å². The molecule has 1 aromatic carbocycles. The van der Waals surface area contributed by atoms with Gasteiger partial charge in [-0.2, -0.15) is 5.10 Å². The van der Waals surface area contributed by atoms with Crippen LogP contribution in [-0.4, -0.2) is 26.8 Å². The van der Waals surface area contributed by atoms with Crippen molar-refractivity contribution in [1.29, 1.82) is 0 Å². The summed E-state index contributed by atoms with van der Waals surface area (Å²) in [4.78, 5) is 23.3. The SMILES string of the molecule is Cc1c(C(=O)O)cnn1-c1cccc(NC(=O)CC(C)C(C)C)c1. The number of hydrogen-bond acceptors (Lipinski definition) is 3. The molecule has 0 aliphatic heterocycles. The van der Waals surface area contributed by atoms with Crippen molar-refractivity contribution in [3.05, 3.63) is 41.7 Å². The number of amides is 1. The minimum atomic E-state index is -1.01. The Bertz CT molecular complexity index is 750. The summed E-state index contributed by atoms with van der Waals surface area (Å²) in [7, 11) is 0. The number of carbonyl (C=O) groups excluding carboxylic acids is 1. The molecule has 128 valence electrons. The number of anilines is 1. The number of carbonyl (C=O) groups is 2. The van der Waals surface area contributed by atoms with Crippen LogP contribution in [0.25, 0.3) is 5.69 Å². The van der Waals surface area contributed by atoms with Gasteiger partial charge in [-0.05, 0) is 37.0 Å². The van der Waals surface area contributed by atoms with Crippen LogP contribution in [0.4, 0.5) is 5.69 Å². The van der Waals surface area contributed by atoms with Crippen molar-refractivity contribution in [2.75, 3.05) is 5.32 Å². The molecule has 0 bridgehead atoms. The van der Waals surface area contributed by atoms with Crippen LogP contribution in [0.1, 0.15) is 43.2 Å². The van der Waals surface area contributed by atoms with Gasteiger partial charge in [0.25, 0.3) is 0 Å². The van der Waals surface area contributed by atoms with Gasteiger partial charge in [0, 0.05) is 12.1 Å². The molecular formula is C18H23N3O3. The predicted octanol–water partition coefficient (Wildman–Crippen LogP) is 3.50. The quantitative estimate of drug-likeness (QED) is 0.849. The van der Waals surface area contributed by atoms with Crippen molar-refractivity contribution >= 4 is 17.6 Å². The highest BCUT2D eigenvalue weighted by Gasteiger charge is 2.15. The smallest absolute Gasteiger partial charge is 0.339 e. The Morgan fingerprint density at radius 1 is 1.29 bits per heavy atom. The van der Waals surface area contributed by atoms with E-state index in [1.165, 1.54) is 6.20 Å². The molecule has 24 heavy (non-hydrogen) atoms. The summed E-state index contributed by atoms with van der Waals surface area (Å²) in [6.07, 6.45) is 1.79. The maximum Gasteiger partial charge on any atom is 0.339 e. The Labute approximate surface area is 141 Å². The van der Waals surface area contributed by atoms with Gasteiger partial charge < -0.3 is 10.4 Å². The Morgan fingerprint density at radius 3 is 2.58 bits per heavy atom. The van der Waals surface area contributed by atoms with Crippen molar-refractivity contribution in [2.24, 2.45) is 11.8 Å². The fourth-order valence-electron chi connectivity index (χ4n) is 2.34. The van der Waals surface area contributed by atoms with Gasteiger partial charge in [0.15, 0.2) is 0 Å². The van der Waals surface area contributed by atoms with Crippen LogP contribution in [0, 0.1) is 18.8 Å². The molecule has 0 saturated heterocycles. The first kappa shape index (κ1) is 17.7. The number of benzene rings is 1. The lowest BCUT2D eigenvalue weighted by molar-refractivity contribution is -0.117.